The van der Waals surface area contributed by atoms with Crippen LogP contribution in [0.2, 0.25) is 0 Å². The molecule has 2 aromatic rings. The van der Waals surface area contributed by atoms with Crippen LogP contribution in [0, 0.1) is 5.41 Å². The fourth-order valence-corrected chi connectivity index (χ4v) is 2.49. The van der Waals surface area contributed by atoms with E-state index in [1.54, 1.807) is 12.4 Å². The molecule has 1 aromatic carbocycles. The van der Waals surface area contributed by atoms with Crippen molar-refractivity contribution in [3.8, 4) is 0 Å². The number of para-hydroxylation sites is 1. The lowest BCUT2D eigenvalue weighted by Crippen LogP contribution is -2.23. The number of rotatable bonds is 5. The highest BCUT2D eigenvalue weighted by Gasteiger charge is 2.18. The summed E-state index contributed by atoms with van der Waals surface area (Å²) >= 11 is 0. The third kappa shape index (κ3) is 3.76. The third-order valence-electron chi connectivity index (χ3n) is 3.54. The molecule has 0 aliphatic heterocycles. The fourth-order valence-electron chi connectivity index (χ4n) is 2.49. The van der Waals surface area contributed by atoms with Gasteiger partial charge in [0.25, 0.3) is 0 Å². The Kier molecular flexibility index (Phi) is 4.71. The molecule has 0 bridgehead atoms. The van der Waals surface area contributed by atoms with E-state index in [9.17, 15) is 0 Å². The molecule has 1 N–H and O–H groups in total. The number of benzene rings is 1. The van der Waals surface area contributed by atoms with Gasteiger partial charge >= 0.3 is 0 Å². The summed E-state index contributed by atoms with van der Waals surface area (Å²) in [6.07, 6.45) is 5.83. The number of hydrogen-bond donors (Lipinski definition) is 1. The smallest absolute Gasteiger partial charge is 0.0934 e. The Bertz CT molecular complexity index is 552. The highest BCUT2D eigenvalue weighted by molar-refractivity contribution is 5.78. The van der Waals surface area contributed by atoms with Gasteiger partial charge in [-0.2, -0.15) is 0 Å². The van der Waals surface area contributed by atoms with Crippen LogP contribution in [0.1, 0.15) is 52.1 Å². The molecule has 0 aliphatic carbocycles. The molecular formula is C17H25N3. The van der Waals surface area contributed by atoms with Crippen LogP contribution in [0.15, 0.2) is 30.6 Å². The van der Waals surface area contributed by atoms with E-state index >= 15 is 0 Å². The SMILES string of the molecule is CCNC(CCC(C)(C)C)c1cccc2nccnc12. The molecule has 0 radical (unpaired) electrons. The highest BCUT2D eigenvalue weighted by Crippen LogP contribution is 2.29. The van der Waals surface area contributed by atoms with Gasteiger partial charge in [0.2, 0.25) is 0 Å². The predicted molar refractivity (Wildman–Crippen MR) is 84.6 cm³/mol. The van der Waals surface area contributed by atoms with E-state index in [0.717, 1.165) is 24.0 Å². The molecule has 3 nitrogen and oxygen atoms in total. The van der Waals surface area contributed by atoms with Gasteiger partial charge in [0.15, 0.2) is 0 Å². The summed E-state index contributed by atoms with van der Waals surface area (Å²) in [5, 5.41) is 3.60. The first kappa shape index (κ1) is 14.9. The maximum Gasteiger partial charge on any atom is 0.0934 e. The van der Waals surface area contributed by atoms with Gasteiger partial charge in [-0.15, -0.1) is 0 Å². The summed E-state index contributed by atoms with van der Waals surface area (Å²) < 4.78 is 0. The summed E-state index contributed by atoms with van der Waals surface area (Å²) in [5.74, 6) is 0. The molecule has 0 aliphatic rings. The van der Waals surface area contributed by atoms with Gasteiger partial charge in [0.05, 0.1) is 11.0 Å². The van der Waals surface area contributed by atoms with Crippen LogP contribution >= 0.6 is 0 Å². The largest absolute Gasteiger partial charge is 0.310 e. The van der Waals surface area contributed by atoms with Crippen LogP contribution in [-0.4, -0.2) is 16.5 Å². The number of nitrogens with zero attached hydrogens (tertiary/aromatic N) is 2. The first-order chi connectivity index (χ1) is 9.51. The molecular weight excluding hydrogens is 246 g/mol. The van der Waals surface area contributed by atoms with E-state index in [-0.39, 0.29) is 0 Å². The zero-order valence-corrected chi connectivity index (χ0v) is 13.0. The minimum atomic E-state index is 0.347. The van der Waals surface area contributed by atoms with Gasteiger partial charge in [-0.25, -0.2) is 0 Å². The molecule has 1 aromatic heterocycles. The van der Waals surface area contributed by atoms with Crippen LogP contribution in [-0.2, 0) is 0 Å². The number of hydrogen-bond acceptors (Lipinski definition) is 3. The quantitative estimate of drug-likeness (QED) is 0.889. The highest BCUT2D eigenvalue weighted by atomic mass is 14.9. The van der Waals surface area contributed by atoms with Crippen molar-refractivity contribution < 1.29 is 0 Å². The second-order valence-electron chi connectivity index (χ2n) is 6.48. The van der Waals surface area contributed by atoms with Crippen molar-refractivity contribution in [3.63, 3.8) is 0 Å². The number of aromatic nitrogens is 2. The standard InChI is InChI=1S/C17H25N3/c1-5-18-14(9-10-17(2,3)4)13-7-6-8-15-16(13)20-12-11-19-15/h6-8,11-12,14,18H,5,9-10H2,1-4H3. The molecule has 2 rings (SSSR count). The topological polar surface area (TPSA) is 37.8 Å². The monoisotopic (exact) mass is 271 g/mol. The maximum atomic E-state index is 4.53. The van der Waals surface area contributed by atoms with Crippen LogP contribution in [0.5, 0.6) is 0 Å². The first-order valence-electron chi connectivity index (χ1n) is 7.44. The van der Waals surface area contributed by atoms with E-state index in [1.807, 2.05) is 6.07 Å². The van der Waals surface area contributed by atoms with E-state index in [4.69, 9.17) is 0 Å². The van der Waals surface area contributed by atoms with Crippen molar-refractivity contribution in [2.75, 3.05) is 6.54 Å². The Hall–Kier alpha value is -1.48. The Balaban J connectivity index is 2.31. The van der Waals surface area contributed by atoms with Crippen molar-refractivity contribution in [3.05, 3.63) is 36.2 Å². The van der Waals surface area contributed by atoms with Gasteiger partial charge in [-0.3, -0.25) is 9.97 Å². The van der Waals surface area contributed by atoms with Crippen LogP contribution in [0.3, 0.4) is 0 Å². The molecule has 3 heteroatoms. The van der Waals surface area contributed by atoms with E-state index < -0.39 is 0 Å². The lowest BCUT2D eigenvalue weighted by atomic mass is 9.87. The average molecular weight is 271 g/mol. The Morgan fingerprint density at radius 3 is 2.60 bits per heavy atom. The molecule has 0 fully saturated rings. The predicted octanol–water partition coefficient (Wildman–Crippen LogP) is 4.11. The lowest BCUT2D eigenvalue weighted by molar-refractivity contribution is 0.334. The molecule has 0 saturated carbocycles. The molecule has 1 heterocycles. The molecule has 0 spiro atoms. The minimum Gasteiger partial charge on any atom is -0.310 e. The van der Waals surface area contributed by atoms with Crippen molar-refractivity contribution >= 4 is 11.0 Å². The zero-order valence-electron chi connectivity index (χ0n) is 13.0. The van der Waals surface area contributed by atoms with E-state index in [2.05, 4.69) is 55.1 Å². The summed E-state index contributed by atoms with van der Waals surface area (Å²) in [6.45, 7) is 9.99. The van der Waals surface area contributed by atoms with Gasteiger partial charge in [-0.05, 0) is 36.4 Å². The minimum absolute atomic E-state index is 0.347. The van der Waals surface area contributed by atoms with E-state index in [1.165, 1.54) is 12.0 Å². The van der Waals surface area contributed by atoms with Crippen molar-refractivity contribution in [1.82, 2.24) is 15.3 Å². The number of nitrogens with one attached hydrogen (secondary N) is 1. The van der Waals surface area contributed by atoms with Crippen molar-refractivity contribution in [2.45, 2.75) is 46.6 Å². The Morgan fingerprint density at radius 1 is 1.15 bits per heavy atom. The molecule has 0 amide bonds. The lowest BCUT2D eigenvalue weighted by Gasteiger charge is -2.24. The average Bonchev–Trinajstić information content (AvgIpc) is 2.42. The Morgan fingerprint density at radius 2 is 1.90 bits per heavy atom. The maximum absolute atomic E-state index is 4.53. The third-order valence-corrected chi connectivity index (χ3v) is 3.54. The van der Waals surface area contributed by atoms with Crippen LogP contribution in [0.25, 0.3) is 11.0 Å². The summed E-state index contributed by atoms with van der Waals surface area (Å²) in [7, 11) is 0. The summed E-state index contributed by atoms with van der Waals surface area (Å²) in [4.78, 5) is 8.93. The molecule has 20 heavy (non-hydrogen) atoms. The molecule has 108 valence electrons. The van der Waals surface area contributed by atoms with Gasteiger partial charge < -0.3 is 5.32 Å². The van der Waals surface area contributed by atoms with Gasteiger partial charge in [0.1, 0.15) is 0 Å². The van der Waals surface area contributed by atoms with E-state index in [0.29, 0.717) is 11.5 Å². The summed E-state index contributed by atoms with van der Waals surface area (Å²) in [6, 6.07) is 6.62. The fraction of sp³-hybridized carbons (Fsp3) is 0.529. The van der Waals surface area contributed by atoms with Crippen molar-refractivity contribution in [2.24, 2.45) is 5.41 Å². The molecule has 1 unspecified atom stereocenters. The molecule has 1 atom stereocenters. The second kappa shape index (κ2) is 6.31. The zero-order chi connectivity index (χ0) is 14.6. The summed E-state index contributed by atoms with van der Waals surface area (Å²) in [5.41, 5.74) is 3.62. The molecule has 0 saturated heterocycles. The Labute approximate surface area is 121 Å². The van der Waals surface area contributed by atoms with Gasteiger partial charge in [-0.1, -0.05) is 39.8 Å². The number of fused-ring (bicyclic) bond motifs is 1. The second-order valence-corrected chi connectivity index (χ2v) is 6.48. The van der Waals surface area contributed by atoms with Crippen LogP contribution < -0.4 is 5.32 Å². The van der Waals surface area contributed by atoms with Gasteiger partial charge in [0, 0.05) is 18.4 Å². The first-order valence-corrected chi connectivity index (χ1v) is 7.44. The van der Waals surface area contributed by atoms with Crippen LogP contribution in [0.4, 0.5) is 0 Å². The normalized spacial score (nSPS) is 13.6. The van der Waals surface area contributed by atoms with Crippen molar-refractivity contribution in [1.29, 1.82) is 0 Å².